The van der Waals surface area contributed by atoms with Crippen LogP contribution >= 0.6 is 15.9 Å². The van der Waals surface area contributed by atoms with Crippen LogP contribution in [-0.2, 0) is 0 Å². The van der Waals surface area contributed by atoms with Crippen LogP contribution in [0.5, 0.6) is 0 Å². The summed E-state index contributed by atoms with van der Waals surface area (Å²) in [5.74, 6) is 1.58. The van der Waals surface area contributed by atoms with Gasteiger partial charge in [0.05, 0.1) is 11.9 Å². The number of anilines is 1. The van der Waals surface area contributed by atoms with Crippen LogP contribution in [0.1, 0.15) is 21.9 Å². The molecular formula is C19H15BrN4O2. The zero-order valence-electron chi connectivity index (χ0n) is 14.2. The summed E-state index contributed by atoms with van der Waals surface area (Å²) in [6.45, 7) is 3.77. The Labute approximate surface area is 158 Å². The molecule has 1 aromatic carbocycles. The van der Waals surface area contributed by atoms with Gasteiger partial charge in [0.2, 0.25) is 0 Å². The summed E-state index contributed by atoms with van der Waals surface area (Å²) in [5, 5.41) is 3.74. The number of hydrogen-bond acceptors (Lipinski definition) is 4. The van der Waals surface area contributed by atoms with Crippen LogP contribution in [-0.4, -0.2) is 20.4 Å². The fourth-order valence-corrected chi connectivity index (χ4v) is 3.18. The molecule has 0 fully saturated rings. The van der Waals surface area contributed by atoms with E-state index in [0.29, 0.717) is 17.0 Å². The van der Waals surface area contributed by atoms with E-state index in [-0.39, 0.29) is 5.91 Å². The number of nitrogens with zero attached hydrogens (tertiary/aromatic N) is 3. The molecule has 1 amide bonds. The van der Waals surface area contributed by atoms with E-state index in [1.54, 1.807) is 18.5 Å². The Hall–Kier alpha value is -2.93. The fraction of sp³-hybridized carbons (Fsp3) is 0.105. The van der Waals surface area contributed by atoms with Crippen molar-refractivity contribution in [2.24, 2.45) is 0 Å². The molecule has 0 saturated heterocycles. The minimum Gasteiger partial charge on any atom is -0.451 e. The maximum Gasteiger partial charge on any atom is 0.291 e. The molecule has 4 aromatic rings. The zero-order chi connectivity index (χ0) is 18.3. The Morgan fingerprint density at radius 3 is 2.73 bits per heavy atom. The SMILES string of the molecule is Cc1c(C(=O)Nc2ccc(-n3ccnc3C)nc2)oc2ccc(Br)cc12. The third-order valence-corrected chi connectivity index (χ3v) is 4.68. The predicted octanol–water partition coefficient (Wildman–Crippen LogP) is 4.65. The standard InChI is InChI=1S/C19H15BrN4O2/c1-11-15-9-13(20)3-5-16(15)26-18(11)19(25)23-14-4-6-17(22-10-14)24-8-7-21-12(24)2/h3-10H,1-2H3,(H,23,25). The highest BCUT2D eigenvalue weighted by atomic mass is 79.9. The molecule has 0 radical (unpaired) electrons. The zero-order valence-corrected chi connectivity index (χ0v) is 15.7. The lowest BCUT2D eigenvalue weighted by atomic mass is 10.1. The number of hydrogen-bond donors (Lipinski definition) is 1. The molecule has 0 bridgehead atoms. The number of carbonyl (C=O) groups excluding carboxylic acids is 1. The number of aryl methyl sites for hydroxylation is 2. The molecule has 0 aliphatic rings. The number of imidazole rings is 1. The lowest BCUT2D eigenvalue weighted by Gasteiger charge is -2.06. The van der Waals surface area contributed by atoms with Crippen LogP contribution < -0.4 is 5.32 Å². The fourth-order valence-electron chi connectivity index (χ4n) is 2.82. The van der Waals surface area contributed by atoms with Crippen molar-refractivity contribution in [1.29, 1.82) is 0 Å². The average Bonchev–Trinajstić information content (AvgIpc) is 3.19. The number of pyridine rings is 1. The normalized spacial score (nSPS) is 11.0. The van der Waals surface area contributed by atoms with Gasteiger partial charge >= 0.3 is 0 Å². The van der Waals surface area contributed by atoms with Gasteiger partial charge in [0.25, 0.3) is 5.91 Å². The number of nitrogens with one attached hydrogen (secondary N) is 1. The van der Waals surface area contributed by atoms with E-state index in [4.69, 9.17) is 4.42 Å². The van der Waals surface area contributed by atoms with Gasteiger partial charge in [-0.3, -0.25) is 9.36 Å². The van der Waals surface area contributed by atoms with E-state index in [1.807, 2.05) is 48.9 Å². The van der Waals surface area contributed by atoms with E-state index >= 15 is 0 Å². The molecule has 7 heteroatoms. The Bertz CT molecular complexity index is 1110. The molecular weight excluding hydrogens is 396 g/mol. The van der Waals surface area contributed by atoms with Crippen LogP contribution in [0.25, 0.3) is 16.8 Å². The van der Waals surface area contributed by atoms with Gasteiger partial charge in [-0.2, -0.15) is 0 Å². The Kier molecular flexibility index (Phi) is 4.08. The first-order valence-corrected chi connectivity index (χ1v) is 8.78. The van der Waals surface area contributed by atoms with Gasteiger partial charge in [-0.05, 0) is 44.2 Å². The van der Waals surface area contributed by atoms with Crippen LogP contribution in [0.2, 0.25) is 0 Å². The van der Waals surface area contributed by atoms with E-state index < -0.39 is 0 Å². The predicted molar refractivity (Wildman–Crippen MR) is 103 cm³/mol. The van der Waals surface area contributed by atoms with Crippen molar-refractivity contribution in [3.63, 3.8) is 0 Å². The van der Waals surface area contributed by atoms with Gasteiger partial charge < -0.3 is 9.73 Å². The van der Waals surface area contributed by atoms with Crippen LogP contribution in [0.3, 0.4) is 0 Å². The van der Waals surface area contributed by atoms with Crippen LogP contribution in [0, 0.1) is 13.8 Å². The third kappa shape index (κ3) is 2.90. The van der Waals surface area contributed by atoms with Crippen LogP contribution in [0.4, 0.5) is 5.69 Å². The Morgan fingerprint density at radius 1 is 1.19 bits per heavy atom. The number of benzene rings is 1. The Morgan fingerprint density at radius 2 is 2.04 bits per heavy atom. The highest BCUT2D eigenvalue weighted by molar-refractivity contribution is 9.10. The second-order valence-electron chi connectivity index (χ2n) is 5.90. The Balaban J connectivity index is 1.59. The summed E-state index contributed by atoms with van der Waals surface area (Å²) in [6, 6.07) is 9.29. The molecule has 4 rings (SSSR count). The first kappa shape index (κ1) is 16.5. The number of furan rings is 1. The monoisotopic (exact) mass is 410 g/mol. The second-order valence-corrected chi connectivity index (χ2v) is 6.82. The van der Waals surface area contributed by atoms with E-state index in [9.17, 15) is 4.79 Å². The lowest BCUT2D eigenvalue weighted by Crippen LogP contribution is -2.12. The number of rotatable bonds is 3. The first-order valence-electron chi connectivity index (χ1n) is 7.99. The number of aromatic nitrogens is 3. The van der Waals surface area contributed by atoms with Crippen molar-refractivity contribution in [2.45, 2.75) is 13.8 Å². The van der Waals surface area contributed by atoms with Gasteiger partial charge in [-0.1, -0.05) is 15.9 Å². The van der Waals surface area contributed by atoms with Crippen molar-refractivity contribution in [1.82, 2.24) is 14.5 Å². The average molecular weight is 411 g/mol. The second kappa shape index (κ2) is 6.42. The maximum absolute atomic E-state index is 12.6. The number of fused-ring (bicyclic) bond motifs is 1. The molecule has 6 nitrogen and oxygen atoms in total. The summed E-state index contributed by atoms with van der Waals surface area (Å²) < 4.78 is 8.53. The van der Waals surface area contributed by atoms with Crippen molar-refractivity contribution in [2.75, 3.05) is 5.32 Å². The van der Waals surface area contributed by atoms with E-state index in [1.165, 1.54) is 0 Å². The molecule has 0 spiro atoms. The summed E-state index contributed by atoms with van der Waals surface area (Å²) in [7, 11) is 0. The summed E-state index contributed by atoms with van der Waals surface area (Å²) in [4.78, 5) is 21.2. The molecule has 0 aliphatic heterocycles. The molecule has 0 unspecified atom stereocenters. The molecule has 0 saturated carbocycles. The van der Waals surface area contributed by atoms with Crippen molar-refractivity contribution in [3.05, 3.63) is 70.5 Å². The van der Waals surface area contributed by atoms with Gasteiger partial charge in [0.1, 0.15) is 17.2 Å². The van der Waals surface area contributed by atoms with Crippen LogP contribution in [0.15, 0.2) is 57.8 Å². The van der Waals surface area contributed by atoms with Gasteiger partial charge in [0.15, 0.2) is 5.76 Å². The smallest absolute Gasteiger partial charge is 0.291 e. The largest absolute Gasteiger partial charge is 0.451 e. The molecule has 3 heterocycles. The van der Waals surface area contributed by atoms with Crippen molar-refractivity contribution < 1.29 is 9.21 Å². The maximum atomic E-state index is 12.6. The van der Waals surface area contributed by atoms with E-state index in [2.05, 4.69) is 31.2 Å². The minimum atomic E-state index is -0.303. The lowest BCUT2D eigenvalue weighted by molar-refractivity contribution is 0.0998. The molecule has 26 heavy (non-hydrogen) atoms. The molecule has 130 valence electrons. The van der Waals surface area contributed by atoms with E-state index in [0.717, 1.165) is 27.1 Å². The minimum absolute atomic E-state index is 0.299. The number of halogens is 1. The van der Waals surface area contributed by atoms with Crippen molar-refractivity contribution in [3.8, 4) is 5.82 Å². The highest BCUT2D eigenvalue weighted by Crippen LogP contribution is 2.28. The first-order chi connectivity index (χ1) is 12.5. The van der Waals surface area contributed by atoms with Crippen molar-refractivity contribution >= 4 is 38.5 Å². The number of amides is 1. The summed E-state index contributed by atoms with van der Waals surface area (Å²) >= 11 is 3.44. The molecule has 3 aromatic heterocycles. The van der Waals surface area contributed by atoms with Gasteiger partial charge in [0, 0.05) is 27.8 Å². The third-order valence-electron chi connectivity index (χ3n) is 4.18. The highest BCUT2D eigenvalue weighted by Gasteiger charge is 2.18. The van der Waals surface area contributed by atoms with Gasteiger partial charge in [-0.15, -0.1) is 0 Å². The quantitative estimate of drug-likeness (QED) is 0.533. The summed E-state index contributed by atoms with van der Waals surface area (Å²) in [6.07, 6.45) is 5.17. The topological polar surface area (TPSA) is 73.0 Å². The number of carbonyl (C=O) groups is 1. The molecule has 0 aliphatic carbocycles. The summed E-state index contributed by atoms with van der Waals surface area (Å²) in [5.41, 5.74) is 2.08. The van der Waals surface area contributed by atoms with Gasteiger partial charge in [-0.25, -0.2) is 9.97 Å². The molecule has 1 N–H and O–H groups in total. The molecule has 0 atom stereocenters.